The molecule has 0 aliphatic carbocycles. The van der Waals surface area contributed by atoms with Crippen LogP contribution in [0.1, 0.15) is 0 Å². The second-order valence-corrected chi connectivity index (χ2v) is 16.8. The smallest absolute Gasteiger partial charge is 0.164 e. The molecule has 0 N–H and O–H groups in total. The van der Waals surface area contributed by atoms with E-state index in [0.29, 0.717) is 17.5 Å². The van der Waals surface area contributed by atoms with Crippen molar-refractivity contribution in [3.8, 4) is 67.5 Å². The van der Waals surface area contributed by atoms with E-state index in [2.05, 4.69) is 151 Å². The largest absolute Gasteiger partial charge is 0.456 e. The SMILES string of the molecule is c1cncc(-c2ccc(-c3nc(-c4ccc(-c5ccc(-c6cccc7sc8ccccc8c67)c6oc7ccccc7c56)cc4)nc(-c4ccc5c(c4)oc4ccccc45)n3)cc2)c1. The number of pyridine rings is 1. The number of aromatic nitrogens is 4. The molecular weight excluding hydrogens is 793 g/mol. The molecule has 7 heteroatoms. The molecule has 0 atom stereocenters. The number of furan rings is 2. The topological polar surface area (TPSA) is 77.8 Å². The third-order valence-corrected chi connectivity index (χ3v) is 13.2. The Morgan fingerprint density at radius 3 is 1.71 bits per heavy atom. The maximum absolute atomic E-state index is 6.78. The van der Waals surface area contributed by atoms with E-state index in [1.807, 2.05) is 53.9 Å². The summed E-state index contributed by atoms with van der Waals surface area (Å²) < 4.78 is 15.6. The van der Waals surface area contributed by atoms with Crippen LogP contribution in [0.3, 0.4) is 0 Å². The predicted octanol–water partition coefficient (Wildman–Crippen LogP) is 15.4. The van der Waals surface area contributed by atoms with Crippen LogP contribution in [0.2, 0.25) is 0 Å². The fourth-order valence-electron chi connectivity index (χ4n) is 9.05. The van der Waals surface area contributed by atoms with Crippen LogP contribution in [0.15, 0.2) is 203 Å². The normalized spacial score (nSPS) is 11.8. The molecule has 0 unspecified atom stereocenters. The predicted molar refractivity (Wildman–Crippen MR) is 258 cm³/mol. The van der Waals surface area contributed by atoms with Gasteiger partial charge in [0.25, 0.3) is 0 Å². The van der Waals surface area contributed by atoms with Gasteiger partial charge in [0.1, 0.15) is 22.3 Å². The monoisotopic (exact) mass is 824 g/mol. The van der Waals surface area contributed by atoms with Gasteiger partial charge in [-0.2, -0.15) is 0 Å². The zero-order valence-electron chi connectivity index (χ0n) is 33.5. The number of fused-ring (bicyclic) bond motifs is 9. The van der Waals surface area contributed by atoms with E-state index in [1.54, 1.807) is 6.20 Å². The van der Waals surface area contributed by atoms with Gasteiger partial charge in [-0.15, -0.1) is 11.3 Å². The maximum Gasteiger partial charge on any atom is 0.164 e. The highest BCUT2D eigenvalue weighted by atomic mass is 32.1. The lowest BCUT2D eigenvalue weighted by atomic mass is 9.92. The molecule has 5 aromatic heterocycles. The average molecular weight is 825 g/mol. The molecule has 8 aromatic carbocycles. The Morgan fingerprint density at radius 2 is 0.952 bits per heavy atom. The van der Waals surface area contributed by atoms with Gasteiger partial charge < -0.3 is 8.83 Å². The van der Waals surface area contributed by atoms with Crippen LogP contribution in [-0.4, -0.2) is 19.9 Å². The van der Waals surface area contributed by atoms with Crippen molar-refractivity contribution >= 4 is 75.4 Å². The molecule has 294 valence electrons. The van der Waals surface area contributed by atoms with Gasteiger partial charge >= 0.3 is 0 Å². The third-order valence-electron chi connectivity index (χ3n) is 12.1. The molecule has 0 saturated carbocycles. The van der Waals surface area contributed by atoms with Gasteiger partial charge in [0.2, 0.25) is 0 Å². The molecule has 0 aliphatic rings. The van der Waals surface area contributed by atoms with E-state index in [-0.39, 0.29) is 0 Å². The molecule has 0 amide bonds. The molecule has 6 nitrogen and oxygen atoms in total. The minimum absolute atomic E-state index is 0.563. The summed E-state index contributed by atoms with van der Waals surface area (Å²) in [5, 5.41) is 6.82. The first-order valence-electron chi connectivity index (χ1n) is 20.8. The number of para-hydroxylation sites is 2. The van der Waals surface area contributed by atoms with E-state index in [4.69, 9.17) is 23.8 Å². The average Bonchev–Trinajstić information content (AvgIpc) is 4.06. The van der Waals surface area contributed by atoms with Gasteiger partial charge in [0, 0.05) is 76.4 Å². The van der Waals surface area contributed by atoms with Crippen molar-refractivity contribution in [1.29, 1.82) is 0 Å². The van der Waals surface area contributed by atoms with Crippen molar-refractivity contribution < 1.29 is 8.83 Å². The molecular formula is C56H32N4O2S. The second-order valence-electron chi connectivity index (χ2n) is 15.8. The summed E-state index contributed by atoms with van der Waals surface area (Å²) in [5.41, 5.74) is 12.5. The van der Waals surface area contributed by atoms with Gasteiger partial charge in [0.15, 0.2) is 17.5 Å². The number of benzene rings is 8. The Hall–Kier alpha value is -8.26. The molecule has 13 aromatic rings. The molecule has 13 rings (SSSR count). The standard InChI is InChI=1S/C56H32N4O2S/c1-4-14-46-40(10-1)41-27-26-37(31-48(41)61-46)56-59-54(35-22-18-33(19-23-35)38-9-8-30-57-32-38)58-55(60-56)36-24-20-34(21-25-36)39-28-29-43(53-52(39)44-11-2-5-15-47(44)62-53)42-13-7-17-50-51(42)45-12-3-6-16-49(45)63-50/h1-32H. The fraction of sp³-hybridized carbons (Fsp3) is 0. The van der Waals surface area contributed by atoms with Gasteiger partial charge in [-0.25, -0.2) is 15.0 Å². The van der Waals surface area contributed by atoms with Crippen molar-refractivity contribution in [2.24, 2.45) is 0 Å². The van der Waals surface area contributed by atoms with E-state index in [1.165, 1.54) is 25.7 Å². The van der Waals surface area contributed by atoms with Crippen molar-refractivity contribution in [3.63, 3.8) is 0 Å². The number of hydrogen-bond acceptors (Lipinski definition) is 7. The minimum atomic E-state index is 0.563. The summed E-state index contributed by atoms with van der Waals surface area (Å²) in [6.45, 7) is 0. The third kappa shape index (κ3) is 5.86. The van der Waals surface area contributed by atoms with Crippen LogP contribution in [0, 0.1) is 0 Å². The highest BCUT2D eigenvalue weighted by molar-refractivity contribution is 7.25. The van der Waals surface area contributed by atoms with Crippen molar-refractivity contribution in [1.82, 2.24) is 19.9 Å². The summed E-state index contributed by atoms with van der Waals surface area (Å²) in [7, 11) is 0. The van der Waals surface area contributed by atoms with Crippen LogP contribution in [-0.2, 0) is 0 Å². The lowest BCUT2D eigenvalue weighted by Gasteiger charge is -2.11. The molecule has 0 saturated heterocycles. The first kappa shape index (κ1) is 35.5. The lowest BCUT2D eigenvalue weighted by molar-refractivity contribution is 0.669. The van der Waals surface area contributed by atoms with Gasteiger partial charge in [-0.3, -0.25) is 4.98 Å². The Kier molecular flexibility index (Phi) is 7.98. The van der Waals surface area contributed by atoms with Crippen LogP contribution in [0.25, 0.3) is 132 Å². The summed E-state index contributed by atoms with van der Waals surface area (Å²) in [6.07, 6.45) is 3.65. The lowest BCUT2D eigenvalue weighted by Crippen LogP contribution is -2.00. The number of thiophene rings is 1. The summed E-state index contributed by atoms with van der Waals surface area (Å²) in [4.78, 5) is 19.6. The summed E-state index contributed by atoms with van der Waals surface area (Å²) in [5.74, 6) is 1.72. The Bertz CT molecular complexity index is 3910. The first-order valence-corrected chi connectivity index (χ1v) is 21.7. The van der Waals surface area contributed by atoms with Crippen LogP contribution in [0.5, 0.6) is 0 Å². The molecule has 0 spiro atoms. The molecule has 63 heavy (non-hydrogen) atoms. The van der Waals surface area contributed by atoms with E-state index in [0.717, 1.165) is 88.4 Å². The highest BCUT2D eigenvalue weighted by Gasteiger charge is 2.21. The van der Waals surface area contributed by atoms with Gasteiger partial charge in [0.05, 0.1) is 0 Å². The van der Waals surface area contributed by atoms with E-state index in [9.17, 15) is 0 Å². The second kappa shape index (κ2) is 14.2. The quantitative estimate of drug-likeness (QED) is 0.166. The number of hydrogen-bond donors (Lipinski definition) is 0. The molecule has 5 heterocycles. The molecule has 0 fully saturated rings. The van der Waals surface area contributed by atoms with Crippen LogP contribution >= 0.6 is 11.3 Å². The van der Waals surface area contributed by atoms with E-state index < -0.39 is 0 Å². The zero-order valence-corrected chi connectivity index (χ0v) is 34.3. The molecule has 0 bridgehead atoms. The first-order chi connectivity index (χ1) is 31.2. The van der Waals surface area contributed by atoms with Gasteiger partial charge in [-0.1, -0.05) is 133 Å². The van der Waals surface area contributed by atoms with E-state index >= 15 is 0 Å². The molecule has 0 aliphatic heterocycles. The van der Waals surface area contributed by atoms with Crippen molar-refractivity contribution in [2.75, 3.05) is 0 Å². The Balaban J connectivity index is 0.938. The van der Waals surface area contributed by atoms with Gasteiger partial charge in [-0.05, 0) is 76.3 Å². The minimum Gasteiger partial charge on any atom is -0.456 e. The fourth-order valence-corrected chi connectivity index (χ4v) is 10.2. The van der Waals surface area contributed by atoms with Crippen LogP contribution in [0.4, 0.5) is 0 Å². The van der Waals surface area contributed by atoms with Crippen molar-refractivity contribution in [3.05, 3.63) is 194 Å². The number of nitrogens with zero attached hydrogens (tertiary/aromatic N) is 4. The van der Waals surface area contributed by atoms with Crippen LogP contribution < -0.4 is 0 Å². The summed E-state index contributed by atoms with van der Waals surface area (Å²) in [6, 6.07) is 63.1. The Morgan fingerprint density at radius 1 is 0.349 bits per heavy atom. The Labute approximate surface area is 364 Å². The zero-order chi connectivity index (χ0) is 41.4. The van der Waals surface area contributed by atoms with Crippen molar-refractivity contribution in [2.45, 2.75) is 0 Å². The maximum atomic E-state index is 6.78. The number of rotatable bonds is 6. The molecule has 0 radical (unpaired) electrons. The summed E-state index contributed by atoms with van der Waals surface area (Å²) >= 11 is 1.83. The highest BCUT2D eigenvalue weighted by Crippen LogP contribution is 2.46.